The number of para-hydroxylation sites is 1. The van der Waals surface area contributed by atoms with E-state index in [2.05, 4.69) is 22.6 Å². The Morgan fingerprint density at radius 1 is 1.50 bits per heavy atom. The maximum atomic E-state index is 13.1. The fraction of sp³-hybridized carbons (Fsp3) is 0.333. The first kappa shape index (κ1) is 9.77. The molecule has 0 radical (unpaired) electrons. The summed E-state index contributed by atoms with van der Waals surface area (Å²) in [6.07, 6.45) is 0. The summed E-state index contributed by atoms with van der Waals surface area (Å²) in [6.45, 7) is 2.00. The molecule has 1 aromatic carbocycles. The van der Waals surface area contributed by atoms with Gasteiger partial charge in [-0.3, -0.25) is 0 Å². The second-order valence-corrected chi connectivity index (χ2v) is 4.35. The third-order valence-corrected chi connectivity index (χ3v) is 2.30. The van der Waals surface area contributed by atoms with Gasteiger partial charge < -0.3 is 4.74 Å². The van der Waals surface area contributed by atoms with Gasteiger partial charge in [0.05, 0.1) is 7.11 Å². The van der Waals surface area contributed by atoms with Crippen molar-refractivity contribution in [3.8, 4) is 5.75 Å². The van der Waals surface area contributed by atoms with Crippen molar-refractivity contribution in [3.05, 3.63) is 29.6 Å². The average molecular weight is 280 g/mol. The lowest BCUT2D eigenvalue weighted by Gasteiger charge is -2.10. The Morgan fingerprint density at radius 2 is 2.17 bits per heavy atom. The predicted molar refractivity (Wildman–Crippen MR) is 55.4 cm³/mol. The highest BCUT2D eigenvalue weighted by atomic mass is 127. The van der Waals surface area contributed by atoms with E-state index >= 15 is 0 Å². The molecule has 1 atom stereocenters. The van der Waals surface area contributed by atoms with Crippen LogP contribution in [0.2, 0.25) is 0 Å². The number of rotatable bonds is 2. The smallest absolute Gasteiger partial charge is 0.165 e. The molecule has 0 unspecified atom stereocenters. The number of hydrogen-bond acceptors (Lipinski definition) is 1. The van der Waals surface area contributed by atoms with Crippen LogP contribution in [-0.2, 0) is 0 Å². The normalized spacial score (nSPS) is 12.7. The first-order valence-corrected chi connectivity index (χ1v) is 4.88. The maximum absolute atomic E-state index is 13.1. The van der Waals surface area contributed by atoms with Crippen LogP contribution in [0.1, 0.15) is 16.4 Å². The van der Waals surface area contributed by atoms with Crippen LogP contribution < -0.4 is 4.74 Å². The van der Waals surface area contributed by atoms with Gasteiger partial charge in [-0.1, -0.05) is 34.7 Å². The summed E-state index contributed by atoms with van der Waals surface area (Å²) in [5.41, 5.74) is 0.901. The van der Waals surface area contributed by atoms with E-state index in [-0.39, 0.29) is 9.74 Å². The zero-order valence-electron chi connectivity index (χ0n) is 6.97. The zero-order valence-corrected chi connectivity index (χ0v) is 9.13. The van der Waals surface area contributed by atoms with E-state index < -0.39 is 0 Å². The SMILES string of the molecule is COc1c(F)cccc1[C@H](C)I. The van der Waals surface area contributed by atoms with Crippen LogP contribution in [-0.4, -0.2) is 7.11 Å². The Hall–Kier alpha value is -0.320. The predicted octanol–water partition coefficient (Wildman–Crippen LogP) is 3.33. The molecular formula is C9H10FIO. The zero-order chi connectivity index (χ0) is 9.14. The van der Waals surface area contributed by atoms with Crippen LogP contribution in [0.4, 0.5) is 4.39 Å². The Morgan fingerprint density at radius 3 is 2.58 bits per heavy atom. The summed E-state index contributed by atoms with van der Waals surface area (Å²) in [5, 5.41) is 0. The average Bonchev–Trinajstić information content (AvgIpc) is 2.03. The van der Waals surface area contributed by atoms with E-state index in [9.17, 15) is 4.39 Å². The van der Waals surface area contributed by atoms with E-state index in [0.29, 0.717) is 5.75 Å². The van der Waals surface area contributed by atoms with E-state index in [4.69, 9.17) is 4.74 Å². The fourth-order valence-corrected chi connectivity index (χ4v) is 1.54. The minimum Gasteiger partial charge on any atom is -0.493 e. The Balaban J connectivity index is 3.18. The number of benzene rings is 1. The highest BCUT2D eigenvalue weighted by Gasteiger charge is 2.11. The summed E-state index contributed by atoms with van der Waals surface area (Å²) in [4.78, 5) is 0. The largest absolute Gasteiger partial charge is 0.493 e. The van der Waals surface area contributed by atoms with E-state index in [1.165, 1.54) is 13.2 Å². The van der Waals surface area contributed by atoms with Crippen molar-refractivity contribution < 1.29 is 9.13 Å². The molecule has 66 valence electrons. The monoisotopic (exact) mass is 280 g/mol. The molecule has 0 saturated heterocycles. The molecule has 0 aliphatic carbocycles. The second-order valence-electron chi connectivity index (χ2n) is 2.48. The Bertz CT molecular complexity index is 273. The minimum atomic E-state index is -0.293. The van der Waals surface area contributed by atoms with E-state index in [1.807, 2.05) is 13.0 Å². The van der Waals surface area contributed by atoms with Gasteiger partial charge in [-0.15, -0.1) is 0 Å². The molecule has 0 amide bonds. The van der Waals surface area contributed by atoms with Crippen molar-refractivity contribution in [2.45, 2.75) is 10.8 Å². The highest BCUT2D eigenvalue weighted by Crippen LogP contribution is 2.32. The van der Waals surface area contributed by atoms with Crippen LogP contribution >= 0.6 is 22.6 Å². The van der Waals surface area contributed by atoms with Gasteiger partial charge in [0, 0.05) is 9.49 Å². The van der Waals surface area contributed by atoms with Crippen LogP contribution in [0.5, 0.6) is 5.75 Å². The molecule has 0 aliphatic heterocycles. The quantitative estimate of drug-likeness (QED) is 0.596. The van der Waals surface area contributed by atoms with E-state index in [0.717, 1.165) is 5.56 Å². The molecule has 1 rings (SSSR count). The number of halogens is 2. The number of hydrogen-bond donors (Lipinski definition) is 0. The van der Waals surface area contributed by atoms with Crippen molar-refractivity contribution >= 4 is 22.6 Å². The van der Waals surface area contributed by atoms with Gasteiger partial charge >= 0.3 is 0 Å². The molecule has 0 saturated carbocycles. The first-order chi connectivity index (χ1) is 5.66. The van der Waals surface area contributed by atoms with Crippen LogP contribution in [0.25, 0.3) is 0 Å². The lowest BCUT2D eigenvalue weighted by atomic mass is 10.1. The molecular weight excluding hydrogens is 270 g/mol. The third-order valence-electron chi connectivity index (χ3n) is 1.63. The molecule has 1 aromatic rings. The van der Waals surface area contributed by atoms with Gasteiger partial charge in [-0.2, -0.15) is 0 Å². The molecule has 12 heavy (non-hydrogen) atoms. The second kappa shape index (κ2) is 4.07. The Labute approximate surface area is 85.1 Å². The minimum absolute atomic E-state index is 0.258. The van der Waals surface area contributed by atoms with Crippen molar-refractivity contribution in [2.24, 2.45) is 0 Å². The van der Waals surface area contributed by atoms with Crippen molar-refractivity contribution in [1.82, 2.24) is 0 Å². The number of methoxy groups -OCH3 is 1. The summed E-state index contributed by atoms with van der Waals surface area (Å²) in [5.74, 6) is 0.0675. The van der Waals surface area contributed by atoms with Gasteiger partial charge in [0.2, 0.25) is 0 Å². The molecule has 0 heterocycles. The van der Waals surface area contributed by atoms with Crippen molar-refractivity contribution in [3.63, 3.8) is 0 Å². The summed E-state index contributed by atoms with van der Waals surface area (Å²) >= 11 is 2.23. The van der Waals surface area contributed by atoms with E-state index in [1.54, 1.807) is 6.07 Å². The van der Waals surface area contributed by atoms with Gasteiger partial charge in [0.25, 0.3) is 0 Å². The summed E-state index contributed by atoms with van der Waals surface area (Å²) in [7, 11) is 1.49. The van der Waals surface area contributed by atoms with Crippen LogP contribution in [0.3, 0.4) is 0 Å². The first-order valence-electron chi connectivity index (χ1n) is 3.63. The number of ether oxygens (including phenoxy) is 1. The third kappa shape index (κ3) is 1.88. The molecule has 0 aliphatic rings. The lowest BCUT2D eigenvalue weighted by Crippen LogP contribution is -1.94. The molecule has 0 spiro atoms. The summed E-state index contributed by atoms with van der Waals surface area (Å²) in [6, 6.07) is 4.97. The van der Waals surface area contributed by atoms with Crippen molar-refractivity contribution in [2.75, 3.05) is 7.11 Å². The van der Waals surface area contributed by atoms with Gasteiger partial charge in [-0.25, -0.2) is 4.39 Å². The topological polar surface area (TPSA) is 9.23 Å². The molecule has 0 N–H and O–H groups in total. The molecule has 3 heteroatoms. The summed E-state index contributed by atoms with van der Waals surface area (Å²) < 4.78 is 18.3. The van der Waals surface area contributed by atoms with Gasteiger partial charge in [0.1, 0.15) is 0 Å². The standard InChI is InChI=1S/C9H10FIO/c1-6(11)7-4-3-5-8(10)9(7)12-2/h3-6H,1-2H3/t6-/m0/s1. The van der Waals surface area contributed by atoms with Gasteiger partial charge in [-0.05, 0) is 13.0 Å². The molecule has 1 nitrogen and oxygen atoms in total. The van der Waals surface area contributed by atoms with Crippen LogP contribution in [0.15, 0.2) is 18.2 Å². The molecule has 0 aromatic heterocycles. The molecule has 0 fully saturated rings. The fourth-order valence-electron chi connectivity index (χ4n) is 1.05. The lowest BCUT2D eigenvalue weighted by molar-refractivity contribution is 0.382. The van der Waals surface area contributed by atoms with Crippen LogP contribution in [0, 0.1) is 5.82 Å². The Kier molecular flexibility index (Phi) is 3.31. The van der Waals surface area contributed by atoms with Gasteiger partial charge in [0.15, 0.2) is 11.6 Å². The maximum Gasteiger partial charge on any atom is 0.165 e. The molecule has 0 bridgehead atoms. The number of alkyl halides is 1. The highest BCUT2D eigenvalue weighted by molar-refractivity contribution is 14.1. The van der Waals surface area contributed by atoms with Crippen molar-refractivity contribution in [1.29, 1.82) is 0 Å².